The van der Waals surface area contributed by atoms with Crippen molar-refractivity contribution >= 4 is 33.0 Å². The van der Waals surface area contributed by atoms with Crippen molar-refractivity contribution in [2.45, 2.75) is 30.8 Å². The lowest BCUT2D eigenvalue weighted by Crippen LogP contribution is -2.66. The molecule has 11 nitrogen and oxygen atoms in total. The number of aliphatic hydroxyl groups excluding tert-OH is 1. The molecule has 1 saturated carbocycles. The molecule has 2 saturated heterocycles. The highest BCUT2D eigenvalue weighted by Crippen LogP contribution is 2.47. The van der Waals surface area contributed by atoms with Gasteiger partial charge in [0.1, 0.15) is 17.8 Å². The number of piperazine rings is 1. The Morgan fingerprint density at radius 3 is 2.81 bits per heavy atom. The normalized spacial score (nSPS) is 21.8. The molecule has 3 aliphatic rings. The first-order valence-electron chi connectivity index (χ1n) is 10.5. The van der Waals surface area contributed by atoms with Crippen LogP contribution in [0.3, 0.4) is 0 Å². The molecule has 1 aliphatic carbocycles. The van der Waals surface area contributed by atoms with Crippen LogP contribution in [0.5, 0.6) is 0 Å². The van der Waals surface area contributed by atoms with Crippen LogP contribution in [-0.4, -0.2) is 106 Å². The standard InChI is InChI=1S/C19H27N7O4S/c1-23(14-10-25(11-14)16(28)3-9-27)31(29,30)26-8-7-24(12-19(26)4-5-19)18-15-2-6-20-17(15)21-13-22-18/h2,6,13-14,27H,3-5,7-12H2,1H3,(H,20,21,22). The molecule has 0 bridgehead atoms. The van der Waals surface area contributed by atoms with E-state index in [1.165, 1.54) is 10.6 Å². The number of aromatic nitrogens is 3. The number of aliphatic hydroxyl groups is 1. The lowest BCUT2D eigenvalue weighted by atomic mass is 10.1. The van der Waals surface area contributed by atoms with Crippen molar-refractivity contribution in [3.05, 3.63) is 18.6 Å². The van der Waals surface area contributed by atoms with Gasteiger partial charge in [-0.25, -0.2) is 9.97 Å². The second-order valence-electron chi connectivity index (χ2n) is 8.61. The summed E-state index contributed by atoms with van der Waals surface area (Å²) in [5, 5.41) is 9.86. The van der Waals surface area contributed by atoms with Crippen molar-refractivity contribution in [3.8, 4) is 0 Å². The van der Waals surface area contributed by atoms with Gasteiger partial charge in [0, 0.05) is 52.4 Å². The molecule has 12 heteroatoms. The molecule has 0 unspecified atom stereocenters. The first-order chi connectivity index (χ1) is 14.9. The summed E-state index contributed by atoms with van der Waals surface area (Å²) >= 11 is 0. The molecular formula is C19H27N7O4S. The highest BCUT2D eigenvalue weighted by molar-refractivity contribution is 7.86. The van der Waals surface area contributed by atoms with E-state index in [0.29, 0.717) is 32.7 Å². The Balaban J connectivity index is 1.30. The van der Waals surface area contributed by atoms with Gasteiger partial charge in [0.05, 0.1) is 23.6 Å². The average Bonchev–Trinajstić information content (AvgIpc) is 3.28. The number of hydrogen-bond acceptors (Lipinski definition) is 7. The lowest BCUT2D eigenvalue weighted by Gasteiger charge is -2.47. The van der Waals surface area contributed by atoms with Crippen molar-refractivity contribution in [2.24, 2.45) is 0 Å². The molecule has 2 aliphatic heterocycles. The first kappa shape index (κ1) is 20.6. The zero-order valence-electron chi connectivity index (χ0n) is 17.4. The molecule has 1 spiro atoms. The van der Waals surface area contributed by atoms with Crippen LogP contribution in [0, 0.1) is 0 Å². The SMILES string of the molecule is CN(C1CN(C(=O)CCO)C1)S(=O)(=O)N1CCN(c2ncnc3[nH]ccc23)CC12CC2. The molecule has 2 N–H and O–H groups in total. The van der Waals surface area contributed by atoms with Gasteiger partial charge >= 0.3 is 0 Å². The number of H-pyrrole nitrogens is 1. The third-order valence-corrected chi connectivity index (χ3v) is 8.90. The van der Waals surface area contributed by atoms with E-state index in [-0.39, 0.29) is 25.0 Å². The zero-order valence-corrected chi connectivity index (χ0v) is 18.3. The van der Waals surface area contributed by atoms with E-state index < -0.39 is 15.7 Å². The molecule has 168 valence electrons. The fraction of sp³-hybridized carbons (Fsp3) is 0.632. The maximum absolute atomic E-state index is 13.5. The molecule has 4 heterocycles. The van der Waals surface area contributed by atoms with Crippen molar-refractivity contribution in [2.75, 3.05) is 51.3 Å². The van der Waals surface area contributed by atoms with Gasteiger partial charge in [-0.05, 0) is 18.9 Å². The number of nitrogens with one attached hydrogen (secondary N) is 1. The van der Waals surface area contributed by atoms with Crippen LogP contribution in [0.4, 0.5) is 5.82 Å². The maximum Gasteiger partial charge on any atom is 0.282 e. The summed E-state index contributed by atoms with van der Waals surface area (Å²) in [6.45, 7) is 2.09. The molecule has 2 aromatic rings. The quantitative estimate of drug-likeness (QED) is 0.602. The van der Waals surface area contributed by atoms with Crippen molar-refractivity contribution in [1.29, 1.82) is 0 Å². The number of likely N-dealkylation sites (N-methyl/N-ethyl adjacent to an activating group) is 1. The lowest BCUT2D eigenvalue weighted by molar-refractivity contribution is -0.137. The number of anilines is 1. The number of hydrogen-bond donors (Lipinski definition) is 2. The number of likely N-dealkylation sites (tertiary alicyclic amines) is 1. The van der Waals surface area contributed by atoms with Crippen LogP contribution in [0.1, 0.15) is 19.3 Å². The summed E-state index contributed by atoms with van der Waals surface area (Å²) in [4.78, 5) is 27.4. The fourth-order valence-corrected chi connectivity index (χ4v) is 6.51. The topological polar surface area (TPSA) is 126 Å². The minimum atomic E-state index is -3.65. The van der Waals surface area contributed by atoms with Crippen LogP contribution in [0.15, 0.2) is 18.6 Å². The van der Waals surface area contributed by atoms with Crippen LogP contribution < -0.4 is 4.90 Å². The van der Waals surface area contributed by atoms with Crippen molar-refractivity contribution in [1.82, 2.24) is 28.5 Å². The Kier molecular flexibility index (Phi) is 4.92. The van der Waals surface area contributed by atoms with Gasteiger partial charge in [0.15, 0.2) is 0 Å². The Morgan fingerprint density at radius 1 is 1.32 bits per heavy atom. The predicted molar refractivity (Wildman–Crippen MR) is 114 cm³/mol. The summed E-state index contributed by atoms with van der Waals surface area (Å²) in [5.74, 6) is 0.692. The van der Waals surface area contributed by atoms with Gasteiger partial charge < -0.3 is 19.9 Å². The number of amides is 1. The average molecular weight is 450 g/mol. The van der Waals surface area contributed by atoms with Crippen molar-refractivity contribution in [3.63, 3.8) is 0 Å². The van der Waals surface area contributed by atoms with Gasteiger partial charge in [-0.15, -0.1) is 0 Å². The Morgan fingerprint density at radius 2 is 2.10 bits per heavy atom. The van der Waals surface area contributed by atoms with E-state index in [4.69, 9.17) is 5.11 Å². The number of carbonyl (C=O) groups is 1. The number of aromatic amines is 1. The summed E-state index contributed by atoms with van der Waals surface area (Å²) in [6.07, 6.45) is 5.09. The second kappa shape index (κ2) is 7.40. The molecule has 31 heavy (non-hydrogen) atoms. The third kappa shape index (κ3) is 3.37. The van der Waals surface area contributed by atoms with Crippen molar-refractivity contribution < 1.29 is 18.3 Å². The Hall–Kier alpha value is -2.28. The van der Waals surface area contributed by atoms with E-state index >= 15 is 0 Å². The molecular weight excluding hydrogens is 422 g/mol. The number of nitrogens with zero attached hydrogens (tertiary/aromatic N) is 6. The Labute approximate surface area is 180 Å². The van der Waals surface area contributed by atoms with E-state index in [0.717, 1.165) is 29.7 Å². The first-order valence-corrected chi connectivity index (χ1v) is 11.9. The van der Waals surface area contributed by atoms with Gasteiger partial charge in [-0.1, -0.05) is 0 Å². The molecule has 0 radical (unpaired) electrons. The summed E-state index contributed by atoms with van der Waals surface area (Å²) in [7, 11) is -2.05. The monoisotopic (exact) mass is 449 g/mol. The molecule has 2 aromatic heterocycles. The number of fused-ring (bicyclic) bond motifs is 1. The van der Waals surface area contributed by atoms with E-state index in [9.17, 15) is 13.2 Å². The van der Waals surface area contributed by atoms with Crippen LogP contribution in [-0.2, 0) is 15.0 Å². The van der Waals surface area contributed by atoms with Gasteiger partial charge in [0.25, 0.3) is 10.2 Å². The fourth-order valence-electron chi connectivity index (χ4n) is 4.65. The highest BCUT2D eigenvalue weighted by Gasteiger charge is 2.57. The van der Waals surface area contributed by atoms with E-state index in [1.807, 2.05) is 12.3 Å². The van der Waals surface area contributed by atoms with E-state index in [1.54, 1.807) is 16.3 Å². The maximum atomic E-state index is 13.5. The number of carbonyl (C=O) groups excluding carboxylic acids is 1. The van der Waals surface area contributed by atoms with Gasteiger partial charge in [0.2, 0.25) is 5.91 Å². The largest absolute Gasteiger partial charge is 0.396 e. The van der Waals surface area contributed by atoms with Gasteiger partial charge in [-0.3, -0.25) is 4.79 Å². The predicted octanol–water partition coefficient (Wildman–Crippen LogP) is -0.618. The van der Waals surface area contributed by atoms with Crippen LogP contribution in [0.25, 0.3) is 11.0 Å². The Bertz CT molecular complexity index is 1090. The molecule has 3 fully saturated rings. The summed E-state index contributed by atoms with van der Waals surface area (Å²) < 4.78 is 30.0. The third-order valence-electron chi connectivity index (χ3n) is 6.74. The smallest absolute Gasteiger partial charge is 0.282 e. The summed E-state index contributed by atoms with van der Waals surface area (Å²) in [6, 6.07) is 1.71. The molecule has 0 aromatic carbocycles. The number of rotatable bonds is 6. The van der Waals surface area contributed by atoms with E-state index in [2.05, 4.69) is 19.9 Å². The molecule has 0 atom stereocenters. The van der Waals surface area contributed by atoms with Crippen LogP contribution >= 0.6 is 0 Å². The van der Waals surface area contributed by atoms with Crippen LogP contribution in [0.2, 0.25) is 0 Å². The zero-order chi connectivity index (χ0) is 21.8. The second-order valence-corrected chi connectivity index (χ2v) is 10.5. The molecule has 5 rings (SSSR count). The molecule has 1 amide bonds. The minimum Gasteiger partial charge on any atom is -0.396 e. The summed E-state index contributed by atoms with van der Waals surface area (Å²) in [5.41, 5.74) is 0.365. The minimum absolute atomic E-state index is 0.0751. The van der Waals surface area contributed by atoms with Gasteiger partial charge in [-0.2, -0.15) is 17.0 Å². The highest BCUT2D eigenvalue weighted by atomic mass is 32.2.